The van der Waals surface area contributed by atoms with E-state index in [0.29, 0.717) is 10.7 Å². The van der Waals surface area contributed by atoms with Crippen molar-refractivity contribution in [3.8, 4) is 0 Å². The summed E-state index contributed by atoms with van der Waals surface area (Å²) in [6.45, 7) is -0.0982. The molecule has 72 valence electrons. The number of aliphatic carboxylic acids is 1. The lowest BCUT2D eigenvalue weighted by molar-refractivity contribution is -0.135. The molecule has 1 heterocycles. The Morgan fingerprint density at radius 3 is 2.77 bits per heavy atom. The summed E-state index contributed by atoms with van der Waals surface area (Å²) < 4.78 is 1.95. The Bertz CT molecular complexity index is 324. The Kier molecular flexibility index (Phi) is 2.86. The number of rotatable bonds is 3. The first-order valence-electron chi connectivity index (χ1n) is 3.50. The highest BCUT2D eigenvalue weighted by Crippen LogP contribution is 2.11. The monoisotopic (exact) mass is 248 g/mol. The van der Waals surface area contributed by atoms with E-state index in [0.717, 1.165) is 0 Å². The van der Waals surface area contributed by atoms with E-state index in [9.17, 15) is 4.79 Å². The van der Waals surface area contributed by atoms with E-state index in [1.165, 1.54) is 9.58 Å². The molecule has 7 heteroatoms. The van der Waals surface area contributed by atoms with Crippen molar-refractivity contribution >= 4 is 27.8 Å². The molecule has 0 fully saturated rings. The summed E-state index contributed by atoms with van der Waals surface area (Å²) in [5, 5.41) is 12.5. The molecule has 0 aliphatic carbocycles. The lowest BCUT2D eigenvalue weighted by Gasteiger charge is -2.13. The minimum atomic E-state index is -0.901. The highest BCUT2D eigenvalue weighted by Gasteiger charge is 2.12. The lowest BCUT2D eigenvalue weighted by Crippen LogP contribution is -2.27. The first-order chi connectivity index (χ1) is 6.00. The van der Waals surface area contributed by atoms with Gasteiger partial charge in [0.2, 0.25) is 10.7 Å². The van der Waals surface area contributed by atoms with Gasteiger partial charge in [-0.3, -0.25) is 4.79 Å². The smallest absolute Gasteiger partial charge is 0.323 e. The van der Waals surface area contributed by atoms with Crippen LogP contribution in [0.3, 0.4) is 0 Å². The summed E-state index contributed by atoms with van der Waals surface area (Å²) in [7, 11) is 3.34. The van der Waals surface area contributed by atoms with Gasteiger partial charge in [-0.05, 0) is 15.9 Å². The lowest BCUT2D eigenvalue weighted by atomic mass is 10.6. The van der Waals surface area contributed by atoms with Crippen molar-refractivity contribution in [3.63, 3.8) is 0 Å². The number of likely N-dealkylation sites (N-methyl/N-ethyl adjacent to an activating group) is 1. The second-order valence-corrected chi connectivity index (χ2v) is 3.26. The molecule has 1 rings (SSSR count). The van der Waals surface area contributed by atoms with E-state index < -0.39 is 5.97 Å². The first kappa shape index (κ1) is 9.97. The van der Waals surface area contributed by atoms with Gasteiger partial charge in [0, 0.05) is 14.1 Å². The maximum absolute atomic E-state index is 10.4. The van der Waals surface area contributed by atoms with Crippen LogP contribution in [0.4, 0.5) is 5.95 Å². The fourth-order valence-corrected chi connectivity index (χ4v) is 1.35. The minimum Gasteiger partial charge on any atom is -0.480 e. The second kappa shape index (κ2) is 3.73. The maximum atomic E-state index is 10.4. The van der Waals surface area contributed by atoms with Crippen LogP contribution in [0.2, 0.25) is 0 Å². The molecular weight excluding hydrogens is 240 g/mol. The van der Waals surface area contributed by atoms with Gasteiger partial charge in [0.05, 0.1) is 0 Å². The molecule has 1 N–H and O–H groups in total. The van der Waals surface area contributed by atoms with E-state index in [2.05, 4.69) is 26.0 Å². The Morgan fingerprint density at radius 2 is 2.38 bits per heavy atom. The van der Waals surface area contributed by atoms with Gasteiger partial charge in [0.1, 0.15) is 6.54 Å². The number of hydrogen-bond donors (Lipinski definition) is 1. The SMILES string of the molecule is CN(CC(=O)O)c1nc(Br)nn1C. The van der Waals surface area contributed by atoms with Gasteiger partial charge in [-0.15, -0.1) is 5.10 Å². The molecule has 0 spiro atoms. The molecule has 0 unspecified atom stereocenters. The summed E-state index contributed by atoms with van der Waals surface area (Å²) in [5.41, 5.74) is 0. The molecule has 6 nitrogen and oxygen atoms in total. The predicted octanol–water partition coefficient (Wildman–Crippen LogP) is 0.0984. The number of anilines is 1. The van der Waals surface area contributed by atoms with Crippen molar-refractivity contribution in [2.75, 3.05) is 18.5 Å². The molecule has 0 aliphatic rings. The molecule has 1 aromatic rings. The van der Waals surface area contributed by atoms with Crippen LogP contribution in [0.1, 0.15) is 0 Å². The fourth-order valence-electron chi connectivity index (χ4n) is 0.952. The number of aryl methyl sites for hydroxylation is 1. The van der Waals surface area contributed by atoms with E-state index >= 15 is 0 Å². The number of aromatic nitrogens is 3. The molecule has 0 saturated heterocycles. The van der Waals surface area contributed by atoms with E-state index in [1.54, 1.807) is 14.1 Å². The molecule has 1 aromatic heterocycles. The highest BCUT2D eigenvalue weighted by molar-refractivity contribution is 9.10. The third-order valence-corrected chi connectivity index (χ3v) is 1.76. The Hall–Kier alpha value is -1.11. The number of halogens is 1. The summed E-state index contributed by atoms with van der Waals surface area (Å²) in [5.74, 6) is -0.393. The van der Waals surface area contributed by atoms with Crippen LogP contribution < -0.4 is 4.90 Å². The molecule has 0 aliphatic heterocycles. The zero-order chi connectivity index (χ0) is 10.0. The zero-order valence-electron chi connectivity index (χ0n) is 7.23. The largest absolute Gasteiger partial charge is 0.480 e. The maximum Gasteiger partial charge on any atom is 0.323 e. The molecule has 0 bridgehead atoms. The van der Waals surface area contributed by atoms with Crippen LogP contribution >= 0.6 is 15.9 Å². The van der Waals surface area contributed by atoms with Crippen LogP contribution in [0, 0.1) is 0 Å². The van der Waals surface area contributed by atoms with Crippen molar-refractivity contribution in [2.45, 2.75) is 0 Å². The molecule has 0 atom stereocenters. The number of carboxylic acids is 1. The summed E-state index contributed by atoms with van der Waals surface area (Å²) in [4.78, 5) is 15.9. The van der Waals surface area contributed by atoms with Crippen LogP contribution in [0.15, 0.2) is 4.73 Å². The van der Waals surface area contributed by atoms with Crippen molar-refractivity contribution in [1.29, 1.82) is 0 Å². The molecule has 13 heavy (non-hydrogen) atoms. The fraction of sp³-hybridized carbons (Fsp3) is 0.500. The van der Waals surface area contributed by atoms with Gasteiger partial charge >= 0.3 is 5.97 Å². The van der Waals surface area contributed by atoms with Gasteiger partial charge in [-0.2, -0.15) is 4.98 Å². The number of carbonyl (C=O) groups is 1. The molecule has 0 aromatic carbocycles. The van der Waals surface area contributed by atoms with Gasteiger partial charge < -0.3 is 10.0 Å². The first-order valence-corrected chi connectivity index (χ1v) is 4.29. The summed E-state index contributed by atoms with van der Waals surface area (Å²) >= 11 is 3.10. The van der Waals surface area contributed by atoms with E-state index in [4.69, 9.17) is 5.11 Å². The third kappa shape index (κ3) is 2.41. The van der Waals surface area contributed by atoms with Crippen molar-refractivity contribution in [1.82, 2.24) is 14.8 Å². The quantitative estimate of drug-likeness (QED) is 0.822. The van der Waals surface area contributed by atoms with Gasteiger partial charge in [-0.1, -0.05) is 0 Å². The van der Waals surface area contributed by atoms with Gasteiger partial charge in [-0.25, -0.2) is 4.68 Å². The zero-order valence-corrected chi connectivity index (χ0v) is 8.82. The molecule has 0 radical (unpaired) electrons. The number of carboxylic acid groups (broad SMARTS) is 1. The normalized spacial score (nSPS) is 10.1. The van der Waals surface area contributed by atoms with Crippen LogP contribution in [0.25, 0.3) is 0 Å². The Balaban J connectivity index is 2.81. The highest BCUT2D eigenvalue weighted by atomic mass is 79.9. The Morgan fingerprint density at radius 1 is 1.77 bits per heavy atom. The average molecular weight is 249 g/mol. The Labute approximate surface area is 83.3 Å². The molecule has 0 saturated carbocycles. The second-order valence-electron chi connectivity index (χ2n) is 2.55. The summed E-state index contributed by atoms with van der Waals surface area (Å²) in [6, 6.07) is 0. The van der Waals surface area contributed by atoms with Crippen molar-refractivity contribution in [2.24, 2.45) is 7.05 Å². The van der Waals surface area contributed by atoms with Crippen LogP contribution in [-0.2, 0) is 11.8 Å². The van der Waals surface area contributed by atoms with Crippen molar-refractivity contribution in [3.05, 3.63) is 4.73 Å². The van der Waals surface area contributed by atoms with Crippen LogP contribution in [-0.4, -0.2) is 39.4 Å². The van der Waals surface area contributed by atoms with E-state index in [-0.39, 0.29) is 6.54 Å². The third-order valence-electron chi connectivity index (χ3n) is 1.43. The van der Waals surface area contributed by atoms with Gasteiger partial charge in [0.25, 0.3) is 0 Å². The molecular formula is C6H9BrN4O2. The standard InChI is InChI=1S/C6H9BrN4O2/c1-10(3-4(12)13)6-8-5(7)9-11(6)2/h3H2,1-2H3,(H,12,13). The van der Waals surface area contributed by atoms with E-state index in [1.807, 2.05) is 0 Å². The minimum absolute atomic E-state index is 0.0982. The predicted molar refractivity (Wildman–Crippen MR) is 49.6 cm³/mol. The topological polar surface area (TPSA) is 71.2 Å². The van der Waals surface area contributed by atoms with Crippen LogP contribution in [0.5, 0.6) is 0 Å². The van der Waals surface area contributed by atoms with Gasteiger partial charge in [0.15, 0.2) is 0 Å². The number of hydrogen-bond acceptors (Lipinski definition) is 4. The molecule has 0 amide bonds. The number of nitrogens with zero attached hydrogens (tertiary/aromatic N) is 4. The van der Waals surface area contributed by atoms with Crippen molar-refractivity contribution < 1.29 is 9.90 Å². The summed E-state index contributed by atoms with van der Waals surface area (Å²) in [6.07, 6.45) is 0. The average Bonchev–Trinajstić information content (AvgIpc) is 2.28.